The lowest BCUT2D eigenvalue weighted by Gasteiger charge is -2.03. The van der Waals surface area contributed by atoms with Gasteiger partial charge in [-0.05, 0) is 11.2 Å². The number of alkyl halides is 3. The Morgan fingerprint density at radius 1 is 1.21 bits per heavy atom. The van der Waals surface area contributed by atoms with Crippen molar-refractivity contribution in [1.82, 2.24) is 15.1 Å². The summed E-state index contributed by atoms with van der Waals surface area (Å²) in [5.74, 6) is -4.99. The molecule has 0 saturated heterocycles. The van der Waals surface area contributed by atoms with E-state index in [0.29, 0.717) is 11.4 Å². The molecule has 0 atom stereocenters. The lowest BCUT2D eigenvalue weighted by Crippen LogP contribution is -2.41. The van der Waals surface area contributed by atoms with Gasteiger partial charge >= 0.3 is 12.1 Å². The van der Waals surface area contributed by atoms with E-state index < -0.39 is 33.7 Å². The van der Waals surface area contributed by atoms with Crippen molar-refractivity contribution in [3.05, 3.63) is 36.9 Å². The van der Waals surface area contributed by atoms with Gasteiger partial charge in [0.1, 0.15) is 23.7 Å². The number of carboxylic acid groups (broad SMARTS) is 2. The Kier molecular flexibility index (Phi) is 7.91. The van der Waals surface area contributed by atoms with Gasteiger partial charge in [-0.15, -0.1) is 0 Å². The van der Waals surface area contributed by atoms with Crippen LogP contribution in [0, 0.1) is 0 Å². The minimum Gasteiger partial charge on any atom is -0.542 e. The minimum absolute atomic E-state index is 0.0888. The fourth-order valence-corrected chi connectivity index (χ4v) is 2.58. The molecule has 2 aromatic heterocycles. The second-order valence-electron chi connectivity index (χ2n) is 5.02. The van der Waals surface area contributed by atoms with E-state index in [-0.39, 0.29) is 12.3 Å². The van der Waals surface area contributed by atoms with Gasteiger partial charge < -0.3 is 15.0 Å². The molecule has 0 amide bonds. The molecule has 152 valence electrons. The number of aryl methyl sites for hydroxylation is 1. The SMILES string of the molecule is O=C(O)CS(=O)(=O)CC[n+]1ccc(-c2ncccn2)cn1.O=C([O-])C(F)(F)F. The van der Waals surface area contributed by atoms with Crippen LogP contribution >= 0.6 is 0 Å². The molecule has 0 radical (unpaired) electrons. The molecule has 28 heavy (non-hydrogen) atoms. The van der Waals surface area contributed by atoms with Crippen LogP contribution in [0.5, 0.6) is 0 Å². The number of nitrogens with zero attached hydrogens (tertiary/aromatic N) is 4. The predicted molar refractivity (Wildman–Crippen MR) is 82.8 cm³/mol. The number of sulfone groups is 1. The van der Waals surface area contributed by atoms with E-state index in [9.17, 15) is 26.4 Å². The first kappa shape index (κ1) is 22.9. The molecule has 2 aromatic rings. The first-order valence-corrected chi connectivity index (χ1v) is 9.06. The average molecular weight is 422 g/mol. The molecule has 14 heteroatoms. The van der Waals surface area contributed by atoms with Gasteiger partial charge in [-0.1, -0.05) is 4.68 Å². The van der Waals surface area contributed by atoms with Crippen molar-refractivity contribution < 1.29 is 46.1 Å². The average Bonchev–Trinajstić information content (AvgIpc) is 2.60. The summed E-state index contributed by atoms with van der Waals surface area (Å²) in [4.78, 5) is 27.3. The zero-order chi connectivity index (χ0) is 21.4. The number of hydrogen-bond donors (Lipinski definition) is 1. The van der Waals surface area contributed by atoms with Crippen molar-refractivity contribution >= 4 is 21.8 Å². The fourth-order valence-electron chi connectivity index (χ4n) is 1.59. The Morgan fingerprint density at radius 3 is 2.21 bits per heavy atom. The molecule has 0 spiro atoms. The zero-order valence-corrected chi connectivity index (χ0v) is 14.7. The summed E-state index contributed by atoms with van der Waals surface area (Å²) < 4.78 is 55.9. The van der Waals surface area contributed by atoms with Gasteiger partial charge in [0, 0.05) is 24.0 Å². The van der Waals surface area contributed by atoms with Gasteiger partial charge in [-0.3, -0.25) is 4.79 Å². The maximum absolute atomic E-state index is 11.5. The summed E-state index contributed by atoms with van der Waals surface area (Å²) in [5, 5.41) is 21.3. The second kappa shape index (κ2) is 9.68. The monoisotopic (exact) mass is 422 g/mol. The van der Waals surface area contributed by atoms with Gasteiger partial charge in [0.05, 0.1) is 0 Å². The number of carbonyl (C=O) groups is 2. The highest BCUT2D eigenvalue weighted by molar-refractivity contribution is 7.92. The van der Waals surface area contributed by atoms with E-state index in [1.165, 1.54) is 10.9 Å². The quantitative estimate of drug-likeness (QED) is 0.555. The van der Waals surface area contributed by atoms with Crippen molar-refractivity contribution in [3.63, 3.8) is 0 Å². The first-order valence-electron chi connectivity index (χ1n) is 7.24. The van der Waals surface area contributed by atoms with Gasteiger partial charge in [0.15, 0.2) is 28.4 Å². The van der Waals surface area contributed by atoms with E-state index in [2.05, 4.69) is 15.1 Å². The van der Waals surface area contributed by atoms with E-state index >= 15 is 0 Å². The maximum Gasteiger partial charge on any atom is 0.430 e. The minimum atomic E-state index is -5.19. The summed E-state index contributed by atoms with van der Waals surface area (Å²) in [6, 6.07) is 3.42. The third-order valence-electron chi connectivity index (χ3n) is 2.80. The molecular formula is C14H13F3N4O6S. The third-order valence-corrected chi connectivity index (χ3v) is 4.29. The van der Waals surface area contributed by atoms with Crippen LogP contribution in [0.2, 0.25) is 0 Å². The molecule has 0 unspecified atom stereocenters. The Hall–Kier alpha value is -3.16. The van der Waals surface area contributed by atoms with E-state index in [1.54, 1.807) is 30.7 Å². The van der Waals surface area contributed by atoms with Gasteiger partial charge in [-0.2, -0.15) is 13.2 Å². The summed E-state index contributed by atoms with van der Waals surface area (Å²) >= 11 is 0. The normalized spacial score (nSPS) is 11.2. The third kappa shape index (κ3) is 8.48. The number of carbonyl (C=O) groups excluding carboxylic acids is 1. The molecule has 0 aromatic carbocycles. The number of aliphatic carboxylic acids is 2. The van der Waals surface area contributed by atoms with Crippen LogP contribution in [0.3, 0.4) is 0 Å². The molecule has 2 heterocycles. The summed E-state index contributed by atoms with van der Waals surface area (Å²) in [6.45, 7) is 0.0888. The molecule has 0 fully saturated rings. The fraction of sp³-hybridized carbons (Fsp3) is 0.286. The van der Waals surface area contributed by atoms with Crippen LogP contribution in [-0.2, 0) is 26.0 Å². The van der Waals surface area contributed by atoms with E-state index in [1.807, 2.05) is 0 Å². The van der Waals surface area contributed by atoms with Crippen LogP contribution < -0.4 is 9.79 Å². The summed E-state index contributed by atoms with van der Waals surface area (Å²) in [6.07, 6.45) is 1.16. The molecule has 0 bridgehead atoms. The molecule has 0 aliphatic rings. The van der Waals surface area contributed by atoms with Crippen molar-refractivity contribution in [2.24, 2.45) is 0 Å². The Morgan fingerprint density at radius 2 is 1.79 bits per heavy atom. The van der Waals surface area contributed by atoms with Crippen molar-refractivity contribution in [2.45, 2.75) is 12.7 Å². The number of aromatic nitrogens is 4. The highest BCUT2D eigenvalue weighted by Gasteiger charge is 2.28. The number of hydrogen-bond acceptors (Lipinski definition) is 8. The topological polar surface area (TPSA) is 154 Å². The van der Waals surface area contributed by atoms with Crippen molar-refractivity contribution in [3.8, 4) is 11.4 Å². The molecule has 0 aliphatic carbocycles. The summed E-state index contributed by atoms with van der Waals surface area (Å²) in [5.41, 5.74) is 0.709. The van der Waals surface area contributed by atoms with Crippen LogP contribution in [-0.4, -0.2) is 58.2 Å². The molecule has 0 aliphatic heterocycles. The molecular weight excluding hydrogens is 409 g/mol. The largest absolute Gasteiger partial charge is 0.542 e. The zero-order valence-electron chi connectivity index (χ0n) is 13.9. The van der Waals surface area contributed by atoms with Crippen LogP contribution in [0.15, 0.2) is 36.9 Å². The molecule has 1 N–H and O–H groups in total. The van der Waals surface area contributed by atoms with E-state index in [0.717, 1.165) is 0 Å². The molecule has 10 nitrogen and oxygen atoms in total. The van der Waals surface area contributed by atoms with Gasteiger partial charge in [-0.25, -0.2) is 18.4 Å². The lowest BCUT2D eigenvalue weighted by atomic mass is 10.3. The van der Waals surface area contributed by atoms with E-state index in [4.69, 9.17) is 15.0 Å². The smallest absolute Gasteiger partial charge is 0.430 e. The Balaban J connectivity index is 0.000000480. The van der Waals surface area contributed by atoms with Crippen molar-refractivity contribution in [1.29, 1.82) is 0 Å². The van der Waals surface area contributed by atoms with Crippen LogP contribution in [0.1, 0.15) is 0 Å². The van der Waals surface area contributed by atoms with Crippen LogP contribution in [0.4, 0.5) is 13.2 Å². The maximum atomic E-state index is 11.5. The van der Waals surface area contributed by atoms with Gasteiger partial charge in [0.2, 0.25) is 0 Å². The highest BCUT2D eigenvalue weighted by Crippen LogP contribution is 2.11. The van der Waals surface area contributed by atoms with Crippen molar-refractivity contribution in [2.75, 3.05) is 11.5 Å². The number of halogens is 3. The number of carboxylic acids is 2. The highest BCUT2D eigenvalue weighted by atomic mass is 32.2. The Bertz CT molecular complexity index is 905. The number of rotatable bonds is 6. The predicted octanol–water partition coefficient (Wildman–Crippen LogP) is -1.38. The standard InChI is InChI=1S/C12H12N4O4S.C2HF3O2/c17-11(18)9-21(19,20)7-6-16-5-2-10(8-15-16)12-13-3-1-4-14-12;3-2(4,5)1(6)7/h1-5,8H,6-7,9H2;(H,6,7). The summed E-state index contributed by atoms with van der Waals surface area (Å²) in [7, 11) is -3.63. The first-order chi connectivity index (χ1) is 12.9. The lowest BCUT2D eigenvalue weighted by molar-refractivity contribution is -0.749. The Labute approximate surface area is 156 Å². The van der Waals surface area contributed by atoms with Crippen LogP contribution in [0.25, 0.3) is 11.4 Å². The second-order valence-corrected chi connectivity index (χ2v) is 7.21. The molecule has 0 saturated carbocycles. The molecule has 2 rings (SSSR count). The van der Waals surface area contributed by atoms with Gasteiger partial charge in [0.25, 0.3) is 0 Å².